The number of ether oxygens (including phenoxy) is 1. The van der Waals surface area contributed by atoms with Crippen LogP contribution in [0.3, 0.4) is 0 Å². The molecule has 3 heterocycles. The Balaban J connectivity index is 1.52. The minimum Gasteiger partial charge on any atom is -0.491 e. The van der Waals surface area contributed by atoms with Crippen LogP contribution in [0.1, 0.15) is 56.4 Å². The van der Waals surface area contributed by atoms with Crippen molar-refractivity contribution in [3.8, 4) is 39.6 Å². The molecule has 0 radical (unpaired) electrons. The van der Waals surface area contributed by atoms with Crippen LogP contribution in [0.15, 0.2) is 58.9 Å². The molecule has 44 heavy (non-hydrogen) atoms. The van der Waals surface area contributed by atoms with Gasteiger partial charge < -0.3 is 14.7 Å². The molecule has 0 amide bonds. The van der Waals surface area contributed by atoms with Crippen LogP contribution in [-0.2, 0) is 5.75 Å². The van der Waals surface area contributed by atoms with Crippen molar-refractivity contribution in [2.45, 2.75) is 50.3 Å². The van der Waals surface area contributed by atoms with Crippen molar-refractivity contribution in [3.05, 3.63) is 75.8 Å². The van der Waals surface area contributed by atoms with Crippen LogP contribution >= 0.6 is 34.7 Å². The molecule has 1 N–H and O–H groups in total. The zero-order valence-electron chi connectivity index (χ0n) is 24.8. The number of hydrogen-bond donors (Lipinski definition) is 1. The summed E-state index contributed by atoms with van der Waals surface area (Å²) >= 11 is 9.09. The molecule has 0 unspecified atom stereocenters. The molecule has 4 aromatic rings. The molecule has 0 atom stereocenters. The summed E-state index contributed by atoms with van der Waals surface area (Å²) in [7, 11) is 0. The average molecular weight is 644 g/mol. The fourth-order valence-corrected chi connectivity index (χ4v) is 7.59. The number of nitrogens with zero attached hydrogens (tertiary/aromatic N) is 5. The Morgan fingerprint density at radius 2 is 1.64 bits per heavy atom. The predicted molar refractivity (Wildman–Crippen MR) is 178 cm³/mol. The number of nitriles is 2. The van der Waals surface area contributed by atoms with Crippen molar-refractivity contribution in [3.63, 3.8) is 0 Å². The second-order valence-corrected chi connectivity index (χ2v) is 13.1. The Hall–Kier alpha value is -3.60. The second kappa shape index (κ2) is 14.5. The number of thioether (sulfide) groups is 1. The Morgan fingerprint density at radius 1 is 0.977 bits per heavy atom. The van der Waals surface area contributed by atoms with E-state index in [1.54, 1.807) is 23.5 Å². The molecule has 1 saturated heterocycles. The molecular formula is C34H34ClN5O2S2. The standard InChI is InChI=1S/C34H34ClN5O2S2/c1-3-34(4-2)13-15-40(16-14-34)31-28(19-36)30(23-7-11-27(12-8-23)42-18-17-41)29(20-37)33(39-31)44-22-26-21-43-32(38-26)24-5-9-25(35)10-6-24/h5-12,21,41H,3-4,13-18,22H2,1-2H3. The van der Waals surface area contributed by atoms with Crippen LogP contribution in [0.25, 0.3) is 21.7 Å². The number of aliphatic hydroxyl groups is 1. The van der Waals surface area contributed by atoms with Gasteiger partial charge in [-0.25, -0.2) is 9.97 Å². The van der Waals surface area contributed by atoms with Crippen molar-refractivity contribution in [2.24, 2.45) is 5.41 Å². The number of hydrogen-bond acceptors (Lipinski definition) is 9. The molecule has 1 aliphatic rings. The zero-order chi connectivity index (χ0) is 31.1. The van der Waals surface area contributed by atoms with Gasteiger partial charge in [-0.3, -0.25) is 0 Å². The molecule has 0 aliphatic carbocycles. The summed E-state index contributed by atoms with van der Waals surface area (Å²) in [6.07, 6.45) is 4.33. The zero-order valence-corrected chi connectivity index (χ0v) is 27.2. The number of pyridine rings is 1. The van der Waals surface area contributed by atoms with Gasteiger partial charge in [0.2, 0.25) is 0 Å². The SMILES string of the molecule is CCC1(CC)CCN(c2nc(SCc3csc(-c4ccc(Cl)cc4)n3)c(C#N)c(-c3ccc(OCCO)cc3)c2C#N)CC1. The lowest BCUT2D eigenvalue weighted by Gasteiger charge is -2.42. The third-order valence-corrected chi connectivity index (χ3v) is 10.7. The molecule has 0 bridgehead atoms. The van der Waals surface area contributed by atoms with Crippen LogP contribution < -0.4 is 9.64 Å². The molecule has 1 fully saturated rings. The number of aromatic nitrogens is 2. The van der Waals surface area contributed by atoms with Gasteiger partial charge in [0.05, 0.1) is 17.9 Å². The summed E-state index contributed by atoms with van der Waals surface area (Å²) in [6, 6.07) is 19.7. The van der Waals surface area contributed by atoms with Gasteiger partial charge in [0.15, 0.2) is 0 Å². The fraction of sp³-hybridized carbons (Fsp3) is 0.353. The van der Waals surface area contributed by atoms with E-state index in [1.807, 2.05) is 41.8 Å². The van der Waals surface area contributed by atoms with Crippen LogP contribution in [0.2, 0.25) is 5.02 Å². The van der Waals surface area contributed by atoms with Gasteiger partial charge in [0.25, 0.3) is 0 Å². The third-order valence-electron chi connectivity index (χ3n) is 8.49. The first kappa shape index (κ1) is 31.8. The topological polar surface area (TPSA) is 106 Å². The third kappa shape index (κ3) is 6.87. The second-order valence-electron chi connectivity index (χ2n) is 10.8. The van der Waals surface area contributed by atoms with Gasteiger partial charge in [-0.2, -0.15) is 10.5 Å². The van der Waals surface area contributed by atoms with E-state index >= 15 is 0 Å². The number of piperidine rings is 1. The quantitative estimate of drug-likeness (QED) is 0.163. The summed E-state index contributed by atoms with van der Waals surface area (Å²) in [5, 5.41) is 34.3. The first-order chi connectivity index (χ1) is 21.4. The minimum absolute atomic E-state index is 0.0828. The summed E-state index contributed by atoms with van der Waals surface area (Å²) < 4.78 is 5.55. The molecule has 1 aliphatic heterocycles. The van der Waals surface area contributed by atoms with Gasteiger partial charge in [0, 0.05) is 40.4 Å². The van der Waals surface area contributed by atoms with E-state index in [1.165, 1.54) is 11.8 Å². The van der Waals surface area contributed by atoms with Crippen molar-refractivity contribution in [2.75, 3.05) is 31.2 Å². The maximum atomic E-state index is 10.5. The Labute approximate surface area is 272 Å². The predicted octanol–water partition coefficient (Wildman–Crippen LogP) is 8.34. The monoisotopic (exact) mass is 643 g/mol. The summed E-state index contributed by atoms with van der Waals surface area (Å²) in [4.78, 5) is 12.1. The summed E-state index contributed by atoms with van der Waals surface area (Å²) in [5.74, 6) is 1.76. The van der Waals surface area contributed by atoms with E-state index in [-0.39, 0.29) is 13.2 Å². The molecule has 7 nitrogen and oxygen atoms in total. The maximum absolute atomic E-state index is 10.5. The molecule has 0 saturated carbocycles. The lowest BCUT2D eigenvalue weighted by Crippen LogP contribution is -2.40. The normalized spacial score (nSPS) is 14.2. The van der Waals surface area contributed by atoms with Gasteiger partial charge in [-0.05, 0) is 48.1 Å². The highest BCUT2D eigenvalue weighted by Gasteiger charge is 2.34. The van der Waals surface area contributed by atoms with Crippen molar-refractivity contribution >= 4 is 40.5 Å². The van der Waals surface area contributed by atoms with Gasteiger partial charge in [0.1, 0.15) is 45.9 Å². The van der Waals surface area contributed by atoms with Gasteiger partial charge >= 0.3 is 0 Å². The Kier molecular flexibility index (Phi) is 10.5. The minimum atomic E-state index is -0.0828. The largest absolute Gasteiger partial charge is 0.491 e. The molecule has 5 rings (SSSR count). The molecule has 2 aromatic carbocycles. The van der Waals surface area contributed by atoms with E-state index in [2.05, 4.69) is 30.9 Å². The van der Waals surface area contributed by atoms with E-state index < -0.39 is 0 Å². The fourth-order valence-electron chi connectivity index (χ4n) is 5.66. The van der Waals surface area contributed by atoms with Crippen molar-refractivity contribution in [1.29, 1.82) is 10.5 Å². The molecule has 0 spiro atoms. The highest BCUT2D eigenvalue weighted by molar-refractivity contribution is 7.98. The Morgan fingerprint density at radius 3 is 2.25 bits per heavy atom. The first-order valence-electron chi connectivity index (χ1n) is 14.7. The first-order valence-corrected chi connectivity index (χ1v) is 17.0. The number of thiazole rings is 1. The number of benzene rings is 2. The van der Waals surface area contributed by atoms with E-state index in [0.29, 0.717) is 49.5 Å². The van der Waals surface area contributed by atoms with Gasteiger partial charge in [-0.1, -0.05) is 74.3 Å². The smallest absolute Gasteiger partial charge is 0.148 e. The molecule has 10 heteroatoms. The van der Waals surface area contributed by atoms with E-state index in [9.17, 15) is 10.5 Å². The van der Waals surface area contributed by atoms with Crippen LogP contribution in [0.4, 0.5) is 5.82 Å². The highest BCUT2D eigenvalue weighted by atomic mass is 35.5. The number of anilines is 1. The molecular weight excluding hydrogens is 610 g/mol. The van der Waals surface area contributed by atoms with Crippen LogP contribution in [0, 0.1) is 28.1 Å². The number of aliphatic hydroxyl groups excluding tert-OH is 1. The summed E-state index contributed by atoms with van der Waals surface area (Å²) in [6.45, 7) is 6.25. The van der Waals surface area contributed by atoms with Crippen molar-refractivity contribution in [1.82, 2.24) is 9.97 Å². The number of halogens is 1. The van der Waals surface area contributed by atoms with E-state index in [4.69, 9.17) is 31.4 Å². The van der Waals surface area contributed by atoms with Crippen molar-refractivity contribution < 1.29 is 9.84 Å². The molecule has 2 aromatic heterocycles. The van der Waals surface area contributed by atoms with Crippen LogP contribution in [0.5, 0.6) is 5.75 Å². The lowest BCUT2D eigenvalue weighted by atomic mass is 9.74. The lowest BCUT2D eigenvalue weighted by molar-refractivity contribution is 0.199. The van der Waals surface area contributed by atoms with E-state index in [0.717, 1.165) is 60.6 Å². The average Bonchev–Trinajstić information content (AvgIpc) is 3.55. The number of rotatable bonds is 11. The highest BCUT2D eigenvalue weighted by Crippen LogP contribution is 2.43. The summed E-state index contributed by atoms with van der Waals surface area (Å²) in [5.41, 5.74) is 4.32. The van der Waals surface area contributed by atoms with Gasteiger partial charge in [-0.15, -0.1) is 11.3 Å². The maximum Gasteiger partial charge on any atom is 0.148 e. The van der Waals surface area contributed by atoms with Crippen LogP contribution in [-0.4, -0.2) is 41.4 Å². The molecule has 226 valence electrons. The Bertz CT molecular complexity index is 1660.